The van der Waals surface area contributed by atoms with Crippen molar-refractivity contribution < 1.29 is 27.4 Å². The number of carbonyl (C=O) groups excluding carboxylic acids is 1. The summed E-state index contributed by atoms with van der Waals surface area (Å²) in [5.74, 6) is 0.287. The minimum absolute atomic E-state index is 0.107. The first-order valence-electron chi connectivity index (χ1n) is 13.3. The minimum Gasteiger partial charge on any atom is -0.488 e. The zero-order chi connectivity index (χ0) is 28.6. The van der Waals surface area contributed by atoms with E-state index in [1.54, 1.807) is 25.4 Å². The van der Waals surface area contributed by atoms with Gasteiger partial charge in [0.15, 0.2) is 15.6 Å². The molecule has 2 aliphatic rings. The monoisotopic (exact) mass is 574 g/mol. The van der Waals surface area contributed by atoms with Crippen molar-refractivity contribution in [1.29, 1.82) is 0 Å². The molecule has 0 aliphatic carbocycles. The van der Waals surface area contributed by atoms with Crippen LogP contribution in [0.2, 0.25) is 0 Å². The average Bonchev–Trinajstić information content (AvgIpc) is 3.14. The summed E-state index contributed by atoms with van der Waals surface area (Å²) in [5.41, 5.74) is 4.82. The third-order valence-electron chi connectivity index (χ3n) is 7.46. The van der Waals surface area contributed by atoms with Crippen molar-refractivity contribution in [3.8, 4) is 17.0 Å². The number of nitrogens with one attached hydrogen (secondary N) is 1. The first-order chi connectivity index (χ1) is 19.8. The molecular weight excluding hydrogens is 544 g/mol. The van der Waals surface area contributed by atoms with Gasteiger partial charge in [0.1, 0.15) is 6.61 Å². The molecular formula is C30H30N4O6S. The molecule has 1 atom stereocenters. The predicted molar refractivity (Wildman–Crippen MR) is 154 cm³/mol. The highest BCUT2D eigenvalue weighted by atomic mass is 32.2. The molecule has 10 nitrogen and oxygen atoms in total. The third-order valence-corrected chi connectivity index (χ3v) is 9.21. The molecule has 2 aromatic heterocycles. The van der Waals surface area contributed by atoms with E-state index in [-0.39, 0.29) is 47.9 Å². The molecule has 212 valence electrons. The lowest BCUT2D eigenvalue weighted by molar-refractivity contribution is 0.0950. The Bertz CT molecular complexity index is 1740. The minimum atomic E-state index is -3.51. The number of fused-ring (bicyclic) bond motifs is 3. The van der Waals surface area contributed by atoms with E-state index in [0.29, 0.717) is 24.5 Å². The van der Waals surface area contributed by atoms with Crippen molar-refractivity contribution in [2.45, 2.75) is 24.1 Å². The summed E-state index contributed by atoms with van der Waals surface area (Å²) in [6.07, 6.45) is 1.72. The van der Waals surface area contributed by atoms with E-state index in [9.17, 15) is 13.2 Å². The second-order valence-corrected chi connectivity index (χ2v) is 12.2. The molecule has 1 amide bonds. The normalized spacial score (nSPS) is 17.7. The topological polar surface area (TPSA) is 120 Å². The van der Waals surface area contributed by atoms with Crippen LogP contribution in [0.3, 0.4) is 0 Å². The molecule has 0 spiro atoms. The van der Waals surface area contributed by atoms with Crippen LogP contribution in [0.4, 0.5) is 5.69 Å². The van der Waals surface area contributed by atoms with Gasteiger partial charge in [-0.3, -0.25) is 9.78 Å². The average molecular weight is 575 g/mol. The van der Waals surface area contributed by atoms with Crippen molar-refractivity contribution in [1.82, 2.24) is 15.3 Å². The molecule has 1 N–H and O–H groups in total. The van der Waals surface area contributed by atoms with Crippen LogP contribution in [-0.4, -0.2) is 70.1 Å². The summed E-state index contributed by atoms with van der Waals surface area (Å²) in [4.78, 5) is 24.6. The van der Waals surface area contributed by atoms with Crippen molar-refractivity contribution in [2.24, 2.45) is 0 Å². The highest BCUT2D eigenvalue weighted by Gasteiger charge is 2.27. The second kappa shape index (κ2) is 11.1. The number of likely N-dealkylation sites (N-methyl/N-ethyl adjacent to an activating group) is 1. The summed E-state index contributed by atoms with van der Waals surface area (Å²) < 4.78 is 42.1. The Morgan fingerprint density at radius 1 is 1.17 bits per heavy atom. The number of para-hydroxylation sites is 1. The van der Waals surface area contributed by atoms with Gasteiger partial charge in [0.25, 0.3) is 5.91 Å². The Morgan fingerprint density at radius 3 is 2.90 bits per heavy atom. The van der Waals surface area contributed by atoms with Crippen LogP contribution in [0.5, 0.6) is 5.75 Å². The van der Waals surface area contributed by atoms with Crippen LogP contribution in [-0.2, 0) is 32.5 Å². The number of sulfone groups is 1. The molecule has 2 aromatic carbocycles. The Balaban J connectivity index is 1.22. The van der Waals surface area contributed by atoms with E-state index in [0.717, 1.165) is 33.6 Å². The summed E-state index contributed by atoms with van der Waals surface area (Å²) in [7, 11) is 0.211. The number of aromatic nitrogens is 2. The van der Waals surface area contributed by atoms with Gasteiger partial charge in [0, 0.05) is 36.9 Å². The first kappa shape index (κ1) is 27.1. The molecule has 0 unspecified atom stereocenters. The summed E-state index contributed by atoms with van der Waals surface area (Å²) >= 11 is 0. The van der Waals surface area contributed by atoms with Crippen LogP contribution >= 0.6 is 0 Å². The number of hydrogen-bond acceptors (Lipinski definition) is 9. The number of rotatable bonds is 6. The van der Waals surface area contributed by atoms with E-state index in [1.807, 2.05) is 43.4 Å². The Morgan fingerprint density at radius 2 is 2.05 bits per heavy atom. The van der Waals surface area contributed by atoms with Crippen molar-refractivity contribution >= 4 is 32.3 Å². The second-order valence-electron chi connectivity index (χ2n) is 10.1. The highest BCUT2D eigenvalue weighted by Crippen LogP contribution is 2.41. The molecule has 0 radical (unpaired) electrons. The predicted octanol–water partition coefficient (Wildman–Crippen LogP) is 3.37. The maximum Gasteiger partial charge on any atom is 0.251 e. The maximum atomic E-state index is 12.9. The molecule has 4 heterocycles. The van der Waals surface area contributed by atoms with E-state index in [4.69, 9.17) is 19.2 Å². The fourth-order valence-electron chi connectivity index (χ4n) is 5.14. The van der Waals surface area contributed by atoms with Crippen LogP contribution < -0.4 is 15.0 Å². The summed E-state index contributed by atoms with van der Waals surface area (Å²) in [6.45, 7) is 1.58. The lowest BCUT2D eigenvalue weighted by atomic mass is 10.0. The Hall–Kier alpha value is -4.06. The molecule has 0 saturated heterocycles. The van der Waals surface area contributed by atoms with Crippen LogP contribution in [0.25, 0.3) is 22.2 Å². The van der Waals surface area contributed by atoms with E-state index in [2.05, 4.69) is 15.2 Å². The van der Waals surface area contributed by atoms with Crippen molar-refractivity contribution in [3.05, 3.63) is 77.6 Å². The number of benzene rings is 2. The van der Waals surface area contributed by atoms with E-state index >= 15 is 0 Å². The third kappa shape index (κ3) is 5.35. The summed E-state index contributed by atoms with van der Waals surface area (Å²) in [5, 5.41) is 3.71. The number of nitrogens with zero attached hydrogens (tertiary/aromatic N) is 3. The molecule has 6 rings (SSSR count). The van der Waals surface area contributed by atoms with Gasteiger partial charge in [0.05, 0.1) is 65.6 Å². The number of amides is 1. The number of pyridine rings is 2. The van der Waals surface area contributed by atoms with Crippen molar-refractivity contribution in [3.63, 3.8) is 0 Å². The quantitative estimate of drug-likeness (QED) is 0.370. The SMILES string of the molecule is COC[C@H]1COc2c(-c3ccc4cnc(CNC(=O)c5ccc6c(c5)S(=O)(=O)CCOC6)cc4n3)cccc2N1C. The summed E-state index contributed by atoms with van der Waals surface area (Å²) in [6, 6.07) is 16.6. The number of methoxy groups -OCH3 is 1. The van der Waals surface area contributed by atoms with Crippen LogP contribution in [0, 0.1) is 0 Å². The molecule has 4 aromatic rings. The molecule has 0 saturated carbocycles. The van der Waals surface area contributed by atoms with Gasteiger partial charge in [-0.25, -0.2) is 13.4 Å². The van der Waals surface area contributed by atoms with E-state index < -0.39 is 9.84 Å². The standard InChI is InChI=1S/C30H30N4O6S/c1-34-23(17-38-2)18-40-29-24(4-3-5-27(29)34)25-9-8-20-14-31-22(13-26(20)33-25)15-32-30(35)19-6-7-21-16-39-10-11-41(36,37)28(21)12-19/h3-9,12-14,23H,10-11,15-18H2,1-2H3,(H,32,35)/t23-/m0/s1. The van der Waals surface area contributed by atoms with Crippen molar-refractivity contribution in [2.75, 3.05) is 44.6 Å². The molecule has 0 bridgehead atoms. The smallest absolute Gasteiger partial charge is 0.251 e. The van der Waals surface area contributed by atoms with Gasteiger partial charge in [0.2, 0.25) is 0 Å². The van der Waals surface area contributed by atoms with Gasteiger partial charge >= 0.3 is 0 Å². The fraction of sp³-hybridized carbons (Fsp3) is 0.300. The number of carbonyl (C=O) groups is 1. The molecule has 0 fully saturated rings. The highest BCUT2D eigenvalue weighted by molar-refractivity contribution is 7.91. The Labute approximate surface area is 238 Å². The molecule has 41 heavy (non-hydrogen) atoms. The van der Waals surface area contributed by atoms with Gasteiger partial charge < -0.3 is 24.4 Å². The lowest BCUT2D eigenvalue weighted by Crippen LogP contribution is -2.43. The maximum absolute atomic E-state index is 12.9. The van der Waals surface area contributed by atoms with Gasteiger partial charge in [-0.1, -0.05) is 12.1 Å². The van der Waals surface area contributed by atoms with E-state index in [1.165, 1.54) is 6.07 Å². The van der Waals surface area contributed by atoms with Gasteiger partial charge in [-0.05, 0) is 48.0 Å². The number of hydrogen-bond donors (Lipinski definition) is 1. The molecule has 2 aliphatic heterocycles. The van der Waals surface area contributed by atoms with Crippen LogP contribution in [0.15, 0.2) is 65.7 Å². The Kier molecular flexibility index (Phi) is 7.33. The zero-order valence-corrected chi connectivity index (χ0v) is 23.6. The fourth-order valence-corrected chi connectivity index (χ4v) is 6.53. The first-order valence-corrected chi connectivity index (χ1v) is 14.9. The zero-order valence-electron chi connectivity index (χ0n) is 22.8. The van der Waals surface area contributed by atoms with Crippen LogP contribution in [0.1, 0.15) is 21.6 Å². The number of anilines is 1. The number of ether oxygens (including phenoxy) is 3. The molecule has 11 heteroatoms. The van der Waals surface area contributed by atoms with Gasteiger partial charge in [-0.2, -0.15) is 0 Å². The largest absolute Gasteiger partial charge is 0.488 e. The van der Waals surface area contributed by atoms with Gasteiger partial charge in [-0.15, -0.1) is 0 Å². The lowest BCUT2D eigenvalue weighted by Gasteiger charge is -2.36.